The van der Waals surface area contributed by atoms with Gasteiger partial charge in [-0.2, -0.15) is 0 Å². The number of hydrogen-bond acceptors (Lipinski definition) is 3. The highest BCUT2D eigenvalue weighted by molar-refractivity contribution is 5.78. The van der Waals surface area contributed by atoms with Gasteiger partial charge >= 0.3 is 0 Å². The van der Waals surface area contributed by atoms with Crippen LogP contribution < -0.4 is 0 Å². The molecule has 1 unspecified atom stereocenters. The Kier molecular flexibility index (Phi) is 3.60. The number of nitrogens with zero attached hydrogens (tertiary/aromatic N) is 2. The van der Waals surface area contributed by atoms with E-state index in [1.54, 1.807) is 6.21 Å². The molecule has 3 heterocycles. The lowest BCUT2D eigenvalue weighted by molar-refractivity contribution is -0.00531. The molecule has 0 saturated carbocycles. The second-order valence-electron chi connectivity index (χ2n) is 5.34. The summed E-state index contributed by atoms with van der Waals surface area (Å²) in [6.45, 7) is 4.54. The Labute approximate surface area is 108 Å². The molecule has 2 bridgehead atoms. The molecule has 4 rings (SSSR count). The third kappa shape index (κ3) is 2.72. The van der Waals surface area contributed by atoms with E-state index in [1.807, 2.05) is 30.3 Å². The molecule has 0 amide bonds. The molecule has 1 aromatic rings. The number of fused-ring (bicyclic) bond motifs is 3. The highest BCUT2D eigenvalue weighted by Gasteiger charge is 2.34. The largest absolute Gasteiger partial charge is 0.395 e. The molecule has 3 heteroatoms. The van der Waals surface area contributed by atoms with Gasteiger partial charge in [-0.25, -0.2) is 0 Å². The zero-order valence-electron chi connectivity index (χ0n) is 10.7. The molecule has 3 nitrogen and oxygen atoms in total. The van der Waals surface area contributed by atoms with E-state index in [0.717, 1.165) is 18.1 Å². The van der Waals surface area contributed by atoms with E-state index in [4.69, 9.17) is 4.84 Å². The highest BCUT2D eigenvalue weighted by Crippen LogP contribution is 2.32. The lowest BCUT2D eigenvalue weighted by Gasteiger charge is -2.44. The SMILES string of the molecule is C(=NOCC1CN2CCC1CC2)c1ccccc1. The Hall–Kier alpha value is -1.35. The maximum absolute atomic E-state index is 5.47. The van der Waals surface area contributed by atoms with Crippen molar-refractivity contribution in [2.24, 2.45) is 17.0 Å². The first-order valence-corrected chi connectivity index (χ1v) is 6.84. The maximum atomic E-state index is 5.47. The monoisotopic (exact) mass is 244 g/mol. The average Bonchev–Trinajstić information content (AvgIpc) is 2.46. The van der Waals surface area contributed by atoms with Gasteiger partial charge in [-0.05, 0) is 37.4 Å². The van der Waals surface area contributed by atoms with Crippen LogP contribution in [-0.4, -0.2) is 37.4 Å². The van der Waals surface area contributed by atoms with Crippen LogP contribution in [0.25, 0.3) is 0 Å². The van der Waals surface area contributed by atoms with E-state index in [1.165, 1.54) is 32.5 Å². The van der Waals surface area contributed by atoms with Gasteiger partial charge in [-0.15, -0.1) is 0 Å². The summed E-state index contributed by atoms with van der Waals surface area (Å²) in [4.78, 5) is 8.02. The normalized spacial score (nSPS) is 30.8. The van der Waals surface area contributed by atoms with Gasteiger partial charge in [0.1, 0.15) is 6.61 Å². The molecular formula is C15H20N2O. The minimum absolute atomic E-state index is 0.681. The first-order valence-electron chi connectivity index (χ1n) is 6.84. The maximum Gasteiger partial charge on any atom is 0.121 e. The van der Waals surface area contributed by atoms with Crippen molar-refractivity contribution in [3.63, 3.8) is 0 Å². The predicted molar refractivity (Wildman–Crippen MR) is 72.6 cm³/mol. The Morgan fingerprint density at radius 3 is 2.67 bits per heavy atom. The molecule has 18 heavy (non-hydrogen) atoms. The Balaban J connectivity index is 1.46. The van der Waals surface area contributed by atoms with Gasteiger partial charge in [-0.1, -0.05) is 35.5 Å². The summed E-state index contributed by atoms with van der Waals surface area (Å²) in [5.41, 5.74) is 1.09. The number of piperidine rings is 3. The smallest absolute Gasteiger partial charge is 0.121 e. The molecule has 1 aromatic carbocycles. The summed E-state index contributed by atoms with van der Waals surface area (Å²) < 4.78 is 0. The van der Waals surface area contributed by atoms with Crippen molar-refractivity contribution in [1.29, 1.82) is 0 Å². The number of benzene rings is 1. The summed E-state index contributed by atoms with van der Waals surface area (Å²) in [7, 11) is 0. The van der Waals surface area contributed by atoms with Crippen LogP contribution in [0, 0.1) is 11.8 Å². The van der Waals surface area contributed by atoms with E-state index >= 15 is 0 Å². The number of oxime groups is 1. The second-order valence-corrected chi connectivity index (χ2v) is 5.34. The molecule has 1 atom stereocenters. The minimum Gasteiger partial charge on any atom is -0.395 e. The van der Waals surface area contributed by atoms with Crippen LogP contribution >= 0.6 is 0 Å². The molecule has 0 N–H and O–H groups in total. The van der Waals surface area contributed by atoms with E-state index in [9.17, 15) is 0 Å². The Morgan fingerprint density at radius 2 is 2.00 bits per heavy atom. The van der Waals surface area contributed by atoms with Crippen molar-refractivity contribution in [2.75, 3.05) is 26.2 Å². The highest BCUT2D eigenvalue weighted by atomic mass is 16.6. The predicted octanol–water partition coefficient (Wildman–Crippen LogP) is 2.38. The topological polar surface area (TPSA) is 24.8 Å². The average molecular weight is 244 g/mol. The van der Waals surface area contributed by atoms with E-state index in [-0.39, 0.29) is 0 Å². The van der Waals surface area contributed by atoms with Crippen molar-refractivity contribution in [1.82, 2.24) is 4.90 Å². The minimum atomic E-state index is 0.681. The summed E-state index contributed by atoms with van der Waals surface area (Å²) >= 11 is 0. The quantitative estimate of drug-likeness (QED) is 0.600. The molecule has 0 spiro atoms. The zero-order chi connectivity index (χ0) is 12.2. The fourth-order valence-corrected chi connectivity index (χ4v) is 3.05. The van der Waals surface area contributed by atoms with Crippen LogP contribution in [0.2, 0.25) is 0 Å². The zero-order valence-corrected chi connectivity index (χ0v) is 10.7. The van der Waals surface area contributed by atoms with Crippen LogP contribution in [0.4, 0.5) is 0 Å². The van der Waals surface area contributed by atoms with Gasteiger partial charge in [0, 0.05) is 12.5 Å². The van der Waals surface area contributed by atoms with Crippen molar-refractivity contribution in [2.45, 2.75) is 12.8 Å². The van der Waals surface area contributed by atoms with Gasteiger partial charge in [-0.3, -0.25) is 0 Å². The number of rotatable bonds is 4. The lowest BCUT2D eigenvalue weighted by atomic mass is 9.80. The summed E-state index contributed by atoms with van der Waals surface area (Å²) in [6.07, 6.45) is 4.48. The van der Waals surface area contributed by atoms with Crippen LogP contribution in [0.1, 0.15) is 18.4 Å². The molecular weight excluding hydrogens is 224 g/mol. The van der Waals surface area contributed by atoms with Gasteiger partial charge < -0.3 is 9.74 Å². The summed E-state index contributed by atoms with van der Waals surface area (Å²) in [6, 6.07) is 10.1. The molecule has 0 aliphatic carbocycles. The van der Waals surface area contributed by atoms with Gasteiger partial charge in [0.2, 0.25) is 0 Å². The first-order chi connectivity index (χ1) is 8.92. The van der Waals surface area contributed by atoms with Crippen molar-refractivity contribution in [3.05, 3.63) is 35.9 Å². The van der Waals surface area contributed by atoms with Crippen molar-refractivity contribution >= 4 is 6.21 Å². The van der Waals surface area contributed by atoms with E-state index < -0.39 is 0 Å². The molecule has 3 aliphatic rings. The van der Waals surface area contributed by atoms with Crippen molar-refractivity contribution < 1.29 is 4.84 Å². The van der Waals surface area contributed by atoms with Crippen molar-refractivity contribution in [3.8, 4) is 0 Å². The van der Waals surface area contributed by atoms with Crippen LogP contribution in [0.15, 0.2) is 35.5 Å². The molecule has 3 saturated heterocycles. The van der Waals surface area contributed by atoms with Gasteiger partial charge in [0.15, 0.2) is 0 Å². The summed E-state index contributed by atoms with van der Waals surface area (Å²) in [5, 5.41) is 4.08. The fourth-order valence-electron chi connectivity index (χ4n) is 3.05. The molecule has 0 radical (unpaired) electrons. The van der Waals surface area contributed by atoms with E-state index in [2.05, 4.69) is 10.1 Å². The van der Waals surface area contributed by atoms with E-state index in [0.29, 0.717) is 5.92 Å². The van der Waals surface area contributed by atoms with Crippen LogP contribution in [0.3, 0.4) is 0 Å². The summed E-state index contributed by atoms with van der Waals surface area (Å²) in [5.74, 6) is 1.54. The molecule has 96 valence electrons. The Morgan fingerprint density at radius 1 is 1.22 bits per heavy atom. The molecule has 3 fully saturated rings. The standard InChI is InChI=1S/C15H20N2O/c1-2-4-13(5-3-1)10-16-18-12-15-11-17-8-6-14(15)7-9-17/h1-5,10,14-15H,6-9,11-12H2. The molecule has 3 aliphatic heterocycles. The van der Waals surface area contributed by atoms with Crippen LogP contribution in [-0.2, 0) is 4.84 Å². The lowest BCUT2D eigenvalue weighted by Crippen LogP contribution is -2.48. The third-order valence-electron chi connectivity index (χ3n) is 4.16. The van der Waals surface area contributed by atoms with Gasteiger partial charge in [0.25, 0.3) is 0 Å². The number of hydrogen-bond donors (Lipinski definition) is 0. The van der Waals surface area contributed by atoms with Crippen LogP contribution in [0.5, 0.6) is 0 Å². The van der Waals surface area contributed by atoms with Gasteiger partial charge in [0.05, 0.1) is 6.21 Å². The Bertz CT molecular complexity index is 396. The molecule has 0 aromatic heterocycles. The fraction of sp³-hybridized carbons (Fsp3) is 0.533. The second kappa shape index (κ2) is 5.53. The first kappa shape index (κ1) is 11.7. The third-order valence-corrected chi connectivity index (χ3v) is 4.16.